The van der Waals surface area contributed by atoms with Crippen LogP contribution in [0.5, 0.6) is 0 Å². The molecular formula is C29H26FN7O. The van der Waals surface area contributed by atoms with E-state index < -0.39 is 0 Å². The number of rotatable bonds is 6. The predicted molar refractivity (Wildman–Crippen MR) is 143 cm³/mol. The highest BCUT2D eigenvalue weighted by molar-refractivity contribution is 5.63. The molecule has 0 spiro atoms. The lowest BCUT2D eigenvalue weighted by atomic mass is 10.1. The summed E-state index contributed by atoms with van der Waals surface area (Å²) >= 11 is 0. The number of benzene rings is 2. The molecule has 190 valence electrons. The van der Waals surface area contributed by atoms with Crippen molar-refractivity contribution < 1.29 is 4.39 Å². The van der Waals surface area contributed by atoms with Crippen LogP contribution in [0.1, 0.15) is 24.4 Å². The second kappa shape index (κ2) is 10.5. The lowest BCUT2D eigenvalue weighted by Crippen LogP contribution is -2.29. The Kier molecular flexibility index (Phi) is 6.58. The van der Waals surface area contributed by atoms with Gasteiger partial charge in [0.15, 0.2) is 5.82 Å². The number of nitrogens with zero attached hydrogens (tertiary/aromatic N) is 6. The highest BCUT2D eigenvalue weighted by Crippen LogP contribution is 2.24. The van der Waals surface area contributed by atoms with Crippen molar-refractivity contribution in [2.75, 3.05) is 13.1 Å². The van der Waals surface area contributed by atoms with Crippen molar-refractivity contribution in [3.63, 3.8) is 0 Å². The van der Waals surface area contributed by atoms with E-state index in [9.17, 15) is 9.18 Å². The van der Waals surface area contributed by atoms with Crippen LogP contribution >= 0.6 is 0 Å². The van der Waals surface area contributed by atoms with Crippen LogP contribution in [-0.2, 0) is 6.54 Å². The molecule has 8 nitrogen and oxygen atoms in total. The molecule has 0 amide bonds. The van der Waals surface area contributed by atoms with Gasteiger partial charge >= 0.3 is 0 Å². The van der Waals surface area contributed by atoms with Crippen LogP contribution < -0.4 is 10.9 Å². The Labute approximate surface area is 218 Å². The third-order valence-corrected chi connectivity index (χ3v) is 6.77. The van der Waals surface area contributed by atoms with Crippen LogP contribution in [0.4, 0.5) is 4.39 Å². The molecule has 1 saturated heterocycles. The second-order valence-electron chi connectivity index (χ2n) is 9.41. The summed E-state index contributed by atoms with van der Waals surface area (Å²) in [5, 5.41) is 12.4. The van der Waals surface area contributed by atoms with Gasteiger partial charge in [-0.15, -0.1) is 0 Å². The molecule has 0 atom stereocenters. The minimum atomic E-state index is -0.351. The maximum atomic E-state index is 13.7. The first kappa shape index (κ1) is 23.9. The predicted octanol–water partition coefficient (Wildman–Crippen LogP) is 4.34. The minimum Gasteiger partial charge on any atom is -0.317 e. The zero-order valence-corrected chi connectivity index (χ0v) is 20.7. The summed E-state index contributed by atoms with van der Waals surface area (Å²) in [6.07, 6.45) is 9.70. The molecule has 0 saturated carbocycles. The molecular weight excluding hydrogens is 481 g/mol. The van der Waals surface area contributed by atoms with Gasteiger partial charge in [-0.05, 0) is 55.8 Å². The average Bonchev–Trinajstić information content (AvgIpc) is 3.46. The highest BCUT2D eigenvalue weighted by Gasteiger charge is 2.16. The van der Waals surface area contributed by atoms with Gasteiger partial charge in [-0.1, -0.05) is 30.3 Å². The summed E-state index contributed by atoms with van der Waals surface area (Å²) in [7, 11) is 0. The molecule has 9 heteroatoms. The Bertz CT molecular complexity index is 1620. The Balaban J connectivity index is 1.20. The molecule has 0 aliphatic carbocycles. The largest absolute Gasteiger partial charge is 0.317 e. The van der Waals surface area contributed by atoms with Crippen molar-refractivity contribution in [3.8, 4) is 33.8 Å². The van der Waals surface area contributed by atoms with Crippen LogP contribution in [0.3, 0.4) is 0 Å². The molecule has 38 heavy (non-hydrogen) atoms. The van der Waals surface area contributed by atoms with Gasteiger partial charge in [0.2, 0.25) is 0 Å². The fourth-order valence-electron chi connectivity index (χ4n) is 4.73. The third-order valence-electron chi connectivity index (χ3n) is 6.77. The van der Waals surface area contributed by atoms with Gasteiger partial charge in [0.25, 0.3) is 5.56 Å². The topological polar surface area (TPSA) is 90.5 Å². The first-order valence-corrected chi connectivity index (χ1v) is 12.6. The third kappa shape index (κ3) is 5.14. The van der Waals surface area contributed by atoms with E-state index in [1.807, 2.05) is 47.5 Å². The molecule has 0 bridgehead atoms. The van der Waals surface area contributed by atoms with E-state index in [2.05, 4.69) is 31.7 Å². The van der Waals surface area contributed by atoms with Crippen molar-refractivity contribution in [1.29, 1.82) is 0 Å². The van der Waals surface area contributed by atoms with Gasteiger partial charge in [0.05, 0.1) is 24.5 Å². The van der Waals surface area contributed by atoms with E-state index in [0.29, 0.717) is 23.1 Å². The number of aromatic nitrogens is 6. The smallest absolute Gasteiger partial charge is 0.267 e. The molecule has 2 aromatic carbocycles. The number of halogens is 1. The normalized spacial score (nSPS) is 14.0. The van der Waals surface area contributed by atoms with E-state index in [-0.39, 0.29) is 17.9 Å². The average molecular weight is 508 g/mol. The summed E-state index contributed by atoms with van der Waals surface area (Å²) < 4.78 is 17.1. The van der Waals surface area contributed by atoms with E-state index >= 15 is 0 Å². The van der Waals surface area contributed by atoms with Gasteiger partial charge < -0.3 is 5.32 Å². The fourth-order valence-corrected chi connectivity index (χ4v) is 4.73. The molecule has 6 rings (SSSR count). The highest BCUT2D eigenvalue weighted by atomic mass is 19.1. The van der Waals surface area contributed by atoms with E-state index in [1.54, 1.807) is 18.2 Å². The van der Waals surface area contributed by atoms with Crippen molar-refractivity contribution in [3.05, 3.63) is 107 Å². The molecule has 1 fully saturated rings. The molecule has 5 aromatic rings. The van der Waals surface area contributed by atoms with Crippen molar-refractivity contribution in [2.45, 2.75) is 25.4 Å². The summed E-state index contributed by atoms with van der Waals surface area (Å²) in [5.41, 5.74) is 4.53. The maximum absolute atomic E-state index is 13.7. The van der Waals surface area contributed by atoms with Crippen molar-refractivity contribution >= 4 is 0 Å². The van der Waals surface area contributed by atoms with Gasteiger partial charge in [-0.3, -0.25) is 9.48 Å². The van der Waals surface area contributed by atoms with Crippen LogP contribution in [-0.4, -0.2) is 42.6 Å². The summed E-state index contributed by atoms with van der Waals surface area (Å²) in [6, 6.07) is 17.4. The SMILES string of the molecule is O=c1ccc(-c2cccc(F)c2)nn1Cc1cccc(-c2ncc(-c3cnn(C4CCNCC4)c3)cn2)c1. The maximum Gasteiger partial charge on any atom is 0.267 e. The minimum absolute atomic E-state index is 0.235. The number of hydrogen-bond acceptors (Lipinski definition) is 6. The number of hydrogen-bond donors (Lipinski definition) is 1. The first-order valence-electron chi connectivity index (χ1n) is 12.6. The van der Waals surface area contributed by atoms with E-state index in [4.69, 9.17) is 0 Å². The van der Waals surface area contributed by atoms with Gasteiger partial charge in [0.1, 0.15) is 5.82 Å². The molecule has 1 aliphatic heterocycles. The number of nitrogens with one attached hydrogen (secondary N) is 1. The zero-order chi connectivity index (χ0) is 25.9. The Hall–Kier alpha value is -4.50. The Morgan fingerprint density at radius 2 is 1.66 bits per heavy atom. The van der Waals surface area contributed by atoms with Crippen molar-refractivity contribution in [2.24, 2.45) is 0 Å². The molecule has 0 radical (unpaired) electrons. The van der Waals surface area contributed by atoms with Crippen LogP contribution in [0.15, 0.2) is 90.2 Å². The molecule has 3 aromatic heterocycles. The van der Waals surface area contributed by atoms with Crippen LogP contribution in [0, 0.1) is 5.82 Å². The van der Waals surface area contributed by atoms with Gasteiger partial charge in [-0.2, -0.15) is 10.2 Å². The molecule has 4 heterocycles. The van der Waals surface area contributed by atoms with E-state index in [1.165, 1.54) is 22.9 Å². The Morgan fingerprint density at radius 3 is 2.47 bits per heavy atom. The van der Waals surface area contributed by atoms with Gasteiger partial charge in [-0.25, -0.2) is 19.0 Å². The zero-order valence-electron chi connectivity index (χ0n) is 20.7. The van der Waals surface area contributed by atoms with E-state index in [0.717, 1.165) is 48.2 Å². The lowest BCUT2D eigenvalue weighted by molar-refractivity contribution is 0.343. The summed E-state index contributed by atoms with van der Waals surface area (Å²) in [4.78, 5) is 21.7. The van der Waals surface area contributed by atoms with Crippen LogP contribution in [0.2, 0.25) is 0 Å². The first-order chi connectivity index (χ1) is 18.6. The standard InChI is InChI=1S/C29H26FN7O/c30-25-6-2-4-21(14-25)27-7-8-28(38)37(35-27)18-20-3-1-5-22(13-20)29-32-15-23(16-33-29)24-17-34-36(19-24)26-9-11-31-12-10-26/h1-8,13-17,19,26,31H,9-12,18H2. The molecule has 0 unspecified atom stereocenters. The Morgan fingerprint density at radius 1 is 0.868 bits per heavy atom. The quantitative estimate of drug-likeness (QED) is 0.368. The molecule has 1 aliphatic rings. The monoisotopic (exact) mass is 507 g/mol. The van der Waals surface area contributed by atoms with Gasteiger partial charge in [0, 0.05) is 46.9 Å². The second-order valence-corrected chi connectivity index (χ2v) is 9.41. The van der Waals surface area contributed by atoms with Crippen LogP contribution in [0.25, 0.3) is 33.8 Å². The summed E-state index contributed by atoms with van der Waals surface area (Å²) in [6.45, 7) is 2.30. The van der Waals surface area contributed by atoms with Crippen molar-refractivity contribution in [1.82, 2.24) is 34.8 Å². The lowest BCUT2D eigenvalue weighted by Gasteiger charge is -2.22. The fraction of sp³-hybridized carbons (Fsp3) is 0.207. The molecule has 1 N–H and O–H groups in total. The number of piperidine rings is 1. The summed E-state index contributed by atoms with van der Waals surface area (Å²) in [5.74, 6) is 0.242.